The molecule has 1 aliphatic rings. The third-order valence-electron chi connectivity index (χ3n) is 3.49. The van der Waals surface area contributed by atoms with Crippen LogP contribution in [0.2, 0.25) is 0 Å². The summed E-state index contributed by atoms with van der Waals surface area (Å²) in [6.45, 7) is 8.20. The van der Waals surface area contributed by atoms with Crippen molar-refractivity contribution >= 4 is 5.91 Å². The number of carbonyl (C=O) groups excluding carboxylic acids is 1. The fourth-order valence-corrected chi connectivity index (χ4v) is 2.23. The first-order chi connectivity index (χ1) is 8.54. The number of morpholine rings is 1. The molecule has 5 nitrogen and oxygen atoms in total. The Bertz CT molecular complexity index is 253. The average molecular weight is 257 g/mol. The number of hydrogen-bond donors (Lipinski definition) is 1. The Morgan fingerprint density at radius 2 is 2.22 bits per heavy atom. The third kappa shape index (κ3) is 4.92. The largest absolute Gasteiger partial charge is 0.379 e. The van der Waals surface area contributed by atoms with E-state index in [1.807, 2.05) is 0 Å². The van der Waals surface area contributed by atoms with E-state index in [0.717, 1.165) is 32.7 Å². The molecule has 0 aromatic heterocycles. The van der Waals surface area contributed by atoms with Crippen LogP contribution in [0.25, 0.3) is 0 Å². The van der Waals surface area contributed by atoms with Crippen molar-refractivity contribution in [1.82, 2.24) is 15.1 Å². The van der Waals surface area contributed by atoms with Gasteiger partial charge in [0.05, 0.1) is 19.8 Å². The molecule has 1 rings (SSSR count). The van der Waals surface area contributed by atoms with Crippen LogP contribution in [-0.2, 0) is 9.53 Å². The van der Waals surface area contributed by atoms with Crippen LogP contribution in [0, 0.1) is 0 Å². The molecule has 0 aromatic carbocycles. The van der Waals surface area contributed by atoms with Crippen LogP contribution in [0.3, 0.4) is 0 Å². The Kier molecular flexibility index (Phi) is 6.60. The summed E-state index contributed by atoms with van der Waals surface area (Å²) in [7, 11) is 3.61. The summed E-state index contributed by atoms with van der Waals surface area (Å²) < 4.78 is 5.46. The van der Waals surface area contributed by atoms with Crippen LogP contribution in [0.15, 0.2) is 0 Å². The summed E-state index contributed by atoms with van der Waals surface area (Å²) in [5.41, 5.74) is 0. The van der Waals surface area contributed by atoms with Crippen molar-refractivity contribution in [2.24, 2.45) is 0 Å². The summed E-state index contributed by atoms with van der Waals surface area (Å²) in [4.78, 5) is 15.6. The standard InChI is InChI=1S/C13H27N3O2/c1-5-16(9-13(17)15(3)4)11(2)8-12-10-18-7-6-14-12/h11-12,14H,5-10H2,1-4H3. The zero-order chi connectivity index (χ0) is 13.5. The zero-order valence-corrected chi connectivity index (χ0v) is 12.1. The lowest BCUT2D eigenvalue weighted by molar-refractivity contribution is -0.130. The molecule has 1 fully saturated rings. The van der Waals surface area contributed by atoms with Gasteiger partial charge in [0.2, 0.25) is 5.91 Å². The van der Waals surface area contributed by atoms with Gasteiger partial charge in [-0.05, 0) is 19.9 Å². The maximum Gasteiger partial charge on any atom is 0.236 e. The second-order valence-electron chi connectivity index (χ2n) is 5.16. The minimum atomic E-state index is 0.163. The molecule has 1 aliphatic heterocycles. The number of nitrogens with one attached hydrogen (secondary N) is 1. The fraction of sp³-hybridized carbons (Fsp3) is 0.923. The highest BCUT2D eigenvalue weighted by Crippen LogP contribution is 2.09. The normalized spacial score (nSPS) is 21.9. The number of ether oxygens (including phenoxy) is 1. The minimum absolute atomic E-state index is 0.163. The molecule has 2 atom stereocenters. The molecule has 0 radical (unpaired) electrons. The number of carbonyl (C=O) groups is 1. The predicted octanol–water partition coefficient (Wildman–Crippen LogP) is 0.164. The quantitative estimate of drug-likeness (QED) is 0.736. The number of likely N-dealkylation sites (N-methyl/N-ethyl adjacent to an activating group) is 2. The summed E-state index contributed by atoms with van der Waals surface area (Å²) in [5, 5.41) is 3.46. The van der Waals surface area contributed by atoms with Gasteiger partial charge < -0.3 is 15.0 Å². The Morgan fingerprint density at radius 1 is 1.50 bits per heavy atom. The first kappa shape index (κ1) is 15.4. The molecule has 5 heteroatoms. The lowest BCUT2D eigenvalue weighted by Crippen LogP contribution is -2.47. The molecule has 1 N–H and O–H groups in total. The van der Waals surface area contributed by atoms with Crippen LogP contribution in [0.5, 0.6) is 0 Å². The lowest BCUT2D eigenvalue weighted by atomic mass is 10.1. The van der Waals surface area contributed by atoms with Gasteiger partial charge in [-0.2, -0.15) is 0 Å². The SMILES string of the molecule is CCN(CC(=O)N(C)C)C(C)CC1COCCN1. The van der Waals surface area contributed by atoms with Crippen molar-refractivity contribution in [3.05, 3.63) is 0 Å². The predicted molar refractivity (Wildman–Crippen MR) is 72.6 cm³/mol. The molecule has 2 unspecified atom stereocenters. The highest BCUT2D eigenvalue weighted by molar-refractivity contribution is 5.77. The maximum atomic E-state index is 11.8. The van der Waals surface area contributed by atoms with Crippen molar-refractivity contribution < 1.29 is 9.53 Å². The minimum Gasteiger partial charge on any atom is -0.379 e. The monoisotopic (exact) mass is 257 g/mol. The Hall–Kier alpha value is -0.650. The van der Waals surface area contributed by atoms with E-state index in [4.69, 9.17) is 4.74 Å². The van der Waals surface area contributed by atoms with E-state index in [2.05, 4.69) is 24.1 Å². The van der Waals surface area contributed by atoms with E-state index in [1.54, 1.807) is 19.0 Å². The van der Waals surface area contributed by atoms with Crippen molar-refractivity contribution in [3.8, 4) is 0 Å². The maximum absolute atomic E-state index is 11.8. The van der Waals surface area contributed by atoms with Gasteiger partial charge in [-0.3, -0.25) is 9.69 Å². The molecule has 106 valence electrons. The molecule has 18 heavy (non-hydrogen) atoms. The van der Waals surface area contributed by atoms with Crippen LogP contribution >= 0.6 is 0 Å². The van der Waals surface area contributed by atoms with E-state index in [9.17, 15) is 4.79 Å². The average Bonchev–Trinajstić information content (AvgIpc) is 2.36. The van der Waals surface area contributed by atoms with Gasteiger partial charge in [-0.25, -0.2) is 0 Å². The highest BCUT2D eigenvalue weighted by Gasteiger charge is 2.21. The Morgan fingerprint density at radius 3 is 2.72 bits per heavy atom. The van der Waals surface area contributed by atoms with Crippen LogP contribution in [-0.4, -0.2) is 74.7 Å². The van der Waals surface area contributed by atoms with Crippen molar-refractivity contribution in [2.45, 2.75) is 32.4 Å². The molecular weight excluding hydrogens is 230 g/mol. The van der Waals surface area contributed by atoms with Gasteiger partial charge in [0.15, 0.2) is 0 Å². The zero-order valence-electron chi connectivity index (χ0n) is 12.1. The van der Waals surface area contributed by atoms with Gasteiger partial charge in [-0.15, -0.1) is 0 Å². The lowest BCUT2D eigenvalue weighted by Gasteiger charge is -2.32. The van der Waals surface area contributed by atoms with Crippen LogP contribution in [0.1, 0.15) is 20.3 Å². The first-order valence-electron chi connectivity index (χ1n) is 6.80. The molecular formula is C13H27N3O2. The number of amides is 1. The van der Waals surface area contributed by atoms with E-state index in [0.29, 0.717) is 18.6 Å². The van der Waals surface area contributed by atoms with Crippen molar-refractivity contribution in [1.29, 1.82) is 0 Å². The summed E-state index contributed by atoms with van der Waals surface area (Å²) >= 11 is 0. The molecule has 0 saturated carbocycles. The van der Waals surface area contributed by atoms with Crippen molar-refractivity contribution in [2.75, 3.05) is 46.9 Å². The molecule has 0 aliphatic carbocycles. The Labute approximate surface area is 110 Å². The molecule has 1 saturated heterocycles. The highest BCUT2D eigenvalue weighted by atomic mass is 16.5. The van der Waals surface area contributed by atoms with E-state index in [-0.39, 0.29) is 5.91 Å². The second kappa shape index (κ2) is 7.71. The van der Waals surface area contributed by atoms with Gasteiger partial charge in [0.1, 0.15) is 0 Å². The van der Waals surface area contributed by atoms with E-state index < -0.39 is 0 Å². The van der Waals surface area contributed by atoms with Crippen LogP contribution < -0.4 is 5.32 Å². The van der Waals surface area contributed by atoms with Crippen LogP contribution in [0.4, 0.5) is 0 Å². The first-order valence-corrected chi connectivity index (χ1v) is 6.80. The Balaban J connectivity index is 2.40. The number of rotatable bonds is 6. The van der Waals surface area contributed by atoms with Gasteiger partial charge >= 0.3 is 0 Å². The molecule has 1 amide bonds. The topological polar surface area (TPSA) is 44.8 Å². The third-order valence-corrected chi connectivity index (χ3v) is 3.49. The van der Waals surface area contributed by atoms with E-state index in [1.165, 1.54) is 0 Å². The van der Waals surface area contributed by atoms with Gasteiger partial charge in [-0.1, -0.05) is 6.92 Å². The van der Waals surface area contributed by atoms with Gasteiger partial charge in [0, 0.05) is 32.7 Å². The molecule has 0 aromatic rings. The second-order valence-corrected chi connectivity index (χ2v) is 5.16. The van der Waals surface area contributed by atoms with Crippen molar-refractivity contribution in [3.63, 3.8) is 0 Å². The van der Waals surface area contributed by atoms with Gasteiger partial charge in [0.25, 0.3) is 0 Å². The summed E-state index contributed by atoms with van der Waals surface area (Å²) in [5.74, 6) is 0.163. The smallest absolute Gasteiger partial charge is 0.236 e. The number of nitrogens with zero attached hydrogens (tertiary/aromatic N) is 2. The molecule has 0 bridgehead atoms. The number of hydrogen-bond acceptors (Lipinski definition) is 4. The van der Waals surface area contributed by atoms with E-state index >= 15 is 0 Å². The summed E-state index contributed by atoms with van der Waals surface area (Å²) in [6, 6.07) is 0.801. The summed E-state index contributed by atoms with van der Waals surface area (Å²) in [6.07, 6.45) is 1.02. The molecule has 0 spiro atoms. The molecule has 1 heterocycles. The fourth-order valence-electron chi connectivity index (χ4n) is 2.23.